The molecule has 0 aliphatic heterocycles. The van der Waals surface area contributed by atoms with Crippen molar-refractivity contribution in [2.75, 3.05) is 6.54 Å². The van der Waals surface area contributed by atoms with Crippen LogP contribution in [0.15, 0.2) is 54.6 Å². The van der Waals surface area contributed by atoms with Crippen LogP contribution in [-0.2, 0) is 11.2 Å². The molecule has 2 rings (SSSR count). The first-order chi connectivity index (χ1) is 10.6. The SMILES string of the molecule is C=[N+]([O-])c1ccc(CCNC(=O)[C@H](O)c2ccccc2)cc1. The fourth-order valence-corrected chi connectivity index (χ4v) is 2.04. The number of aliphatic hydroxyl groups is 1. The molecule has 0 spiro atoms. The summed E-state index contributed by atoms with van der Waals surface area (Å²) in [4.78, 5) is 11.9. The van der Waals surface area contributed by atoms with Gasteiger partial charge in [0.05, 0.1) is 0 Å². The summed E-state index contributed by atoms with van der Waals surface area (Å²) in [6.07, 6.45) is -0.549. The van der Waals surface area contributed by atoms with E-state index in [0.29, 0.717) is 29.0 Å². The van der Waals surface area contributed by atoms with E-state index in [1.54, 1.807) is 36.4 Å². The number of carbonyl (C=O) groups is 1. The predicted molar refractivity (Wildman–Crippen MR) is 85.0 cm³/mol. The molecule has 114 valence electrons. The molecule has 5 nitrogen and oxygen atoms in total. The molecule has 0 aromatic heterocycles. The zero-order chi connectivity index (χ0) is 15.9. The third kappa shape index (κ3) is 4.17. The van der Waals surface area contributed by atoms with Crippen LogP contribution in [0, 0.1) is 5.21 Å². The Labute approximate surface area is 129 Å². The van der Waals surface area contributed by atoms with Crippen molar-refractivity contribution in [2.45, 2.75) is 12.5 Å². The maximum absolute atomic E-state index is 11.9. The third-order valence-electron chi connectivity index (χ3n) is 3.30. The van der Waals surface area contributed by atoms with Gasteiger partial charge in [-0.3, -0.25) is 4.79 Å². The van der Waals surface area contributed by atoms with Crippen LogP contribution in [0.1, 0.15) is 17.2 Å². The predicted octanol–water partition coefficient (Wildman–Crippen LogP) is 1.92. The number of hydrogen-bond acceptors (Lipinski definition) is 3. The van der Waals surface area contributed by atoms with Crippen molar-refractivity contribution in [1.29, 1.82) is 0 Å². The van der Waals surface area contributed by atoms with Crippen molar-refractivity contribution in [3.8, 4) is 0 Å². The van der Waals surface area contributed by atoms with E-state index in [2.05, 4.69) is 12.0 Å². The lowest BCUT2D eigenvalue weighted by Gasteiger charge is -2.11. The van der Waals surface area contributed by atoms with Crippen molar-refractivity contribution in [2.24, 2.45) is 0 Å². The van der Waals surface area contributed by atoms with E-state index >= 15 is 0 Å². The normalized spacial score (nSPS) is 11.7. The molecule has 0 saturated carbocycles. The number of hydrogen-bond donors (Lipinski definition) is 2. The first-order valence-corrected chi connectivity index (χ1v) is 6.95. The molecule has 0 unspecified atom stereocenters. The van der Waals surface area contributed by atoms with Gasteiger partial charge >= 0.3 is 0 Å². The molecule has 5 heteroatoms. The molecule has 0 heterocycles. The maximum atomic E-state index is 11.9. The molecule has 2 aromatic carbocycles. The van der Waals surface area contributed by atoms with Crippen LogP contribution >= 0.6 is 0 Å². The van der Waals surface area contributed by atoms with Crippen molar-refractivity contribution in [1.82, 2.24) is 5.32 Å². The molecule has 2 N–H and O–H groups in total. The van der Waals surface area contributed by atoms with Gasteiger partial charge in [-0.15, -0.1) is 0 Å². The molecule has 0 radical (unpaired) electrons. The average Bonchev–Trinajstić information content (AvgIpc) is 2.55. The molecule has 0 bridgehead atoms. The van der Waals surface area contributed by atoms with Gasteiger partial charge in [-0.25, -0.2) is 0 Å². The third-order valence-corrected chi connectivity index (χ3v) is 3.30. The number of amides is 1. The second kappa shape index (κ2) is 7.38. The lowest BCUT2D eigenvalue weighted by Crippen LogP contribution is -2.30. The summed E-state index contributed by atoms with van der Waals surface area (Å²) in [5.41, 5.74) is 2.03. The summed E-state index contributed by atoms with van der Waals surface area (Å²) < 4.78 is 0.543. The average molecular weight is 298 g/mol. The Morgan fingerprint density at radius 3 is 2.41 bits per heavy atom. The van der Waals surface area contributed by atoms with E-state index in [1.807, 2.05) is 18.2 Å². The standard InChI is InChI=1S/C17H18N2O3/c1-19(22)15-9-7-13(8-10-15)11-12-18-17(21)16(20)14-5-3-2-4-6-14/h2-10,16,20H,1,11-12H2,(H,18,21)/t16-/m1/s1. The number of rotatable bonds is 6. The zero-order valence-electron chi connectivity index (χ0n) is 12.1. The lowest BCUT2D eigenvalue weighted by atomic mass is 10.1. The van der Waals surface area contributed by atoms with Crippen LogP contribution in [0.25, 0.3) is 0 Å². The van der Waals surface area contributed by atoms with Crippen LogP contribution in [0.5, 0.6) is 0 Å². The van der Waals surface area contributed by atoms with Gasteiger partial charge < -0.3 is 15.6 Å². The molecule has 2 aromatic rings. The second-order valence-electron chi connectivity index (χ2n) is 4.90. The van der Waals surface area contributed by atoms with Crippen molar-refractivity contribution < 1.29 is 14.6 Å². The highest BCUT2D eigenvalue weighted by Crippen LogP contribution is 2.13. The molecule has 22 heavy (non-hydrogen) atoms. The summed E-state index contributed by atoms with van der Waals surface area (Å²) in [5.74, 6) is -0.425. The van der Waals surface area contributed by atoms with E-state index in [9.17, 15) is 15.1 Å². The Kier molecular flexibility index (Phi) is 5.27. The Balaban J connectivity index is 1.83. The molecule has 1 atom stereocenters. The molecule has 0 saturated heterocycles. The Morgan fingerprint density at radius 1 is 1.18 bits per heavy atom. The number of aliphatic hydroxyl groups excluding tert-OH is 1. The molecular weight excluding hydrogens is 280 g/mol. The van der Waals surface area contributed by atoms with Crippen LogP contribution in [0.2, 0.25) is 0 Å². The highest BCUT2D eigenvalue weighted by molar-refractivity contribution is 5.81. The van der Waals surface area contributed by atoms with E-state index in [-0.39, 0.29) is 0 Å². The minimum Gasteiger partial charge on any atom is -0.619 e. The topological polar surface area (TPSA) is 75.4 Å². The van der Waals surface area contributed by atoms with Crippen molar-refractivity contribution >= 4 is 18.3 Å². The fourth-order valence-electron chi connectivity index (χ4n) is 2.04. The molecule has 0 fully saturated rings. The summed E-state index contributed by atoms with van der Waals surface area (Å²) in [6.45, 7) is 3.68. The summed E-state index contributed by atoms with van der Waals surface area (Å²) >= 11 is 0. The first-order valence-electron chi connectivity index (χ1n) is 6.95. The van der Waals surface area contributed by atoms with Crippen molar-refractivity contribution in [3.63, 3.8) is 0 Å². The van der Waals surface area contributed by atoms with Crippen LogP contribution in [0.4, 0.5) is 5.69 Å². The smallest absolute Gasteiger partial charge is 0.253 e. The Morgan fingerprint density at radius 2 is 1.82 bits per heavy atom. The number of benzene rings is 2. The van der Waals surface area contributed by atoms with Crippen molar-refractivity contribution in [3.05, 3.63) is 70.9 Å². The Hall–Kier alpha value is -2.66. The van der Waals surface area contributed by atoms with Crippen LogP contribution in [-0.4, -0.2) is 29.0 Å². The molecule has 1 amide bonds. The van der Waals surface area contributed by atoms with E-state index < -0.39 is 12.0 Å². The fraction of sp³-hybridized carbons (Fsp3) is 0.176. The summed E-state index contributed by atoms with van der Waals surface area (Å²) in [7, 11) is 0. The monoisotopic (exact) mass is 298 g/mol. The number of carbonyl (C=O) groups excluding carboxylic acids is 1. The summed E-state index contributed by atoms with van der Waals surface area (Å²) in [5, 5.41) is 23.6. The van der Waals surface area contributed by atoms with Gasteiger partial charge in [0, 0.05) is 18.7 Å². The van der Waals surface area contributed by atoms with Gasteiger partial charge in [-0.1, -0.05) is 42.5 Å². The van der Waals surface area contributed by atoms with E-state index in [0.717, 1.165) is 5.56 Å². The lowest BCUT2D eigenvalue weighted by molar-refractivity contribution is -0.349. The van der Waals surface area contributed by atoms with Gasteiger partial charge in [0.1, 0.15) is 6.72 Å². The number of nitrogens with zero attached hydrogens (tertiary/aromatic N) is 1. The van der Waals surface area contributed by atoms with Gasteiger partial charge in [0.25, 0.3) is 5.91 Å². The Bertz CT molecular complexity index is 639. The highest BCUT2D eigenvalue weighted by atomic mass is 16.5. The second-order valence-corrected chi connectivity index (χ2v) is 4.90. The minimum atomic E-state index is -1.16. The van der Waals surface area contributed by atoms with Crippen LogP contribution < -0.4 is 5.32 Å². The van der Waals surface area contributed by atoms with Gasteiger partial charge in [-0.05, 0) is 17.5 Å². The quantitative estimate of drug-likeness (QED) is 0.370. The first kappa shape index (κ1) is 15.7. The number of nitrogens with one attached hydrogen (secondary N) is 1. The van der Waals surface area contributed by atoms with Gasteiger partial charge in [-0.2, -0.15) is 4.74 Å². The van der Waals surface area contributed by atoms with Crippen LogP contribution in [0.3, 0.4) is 0 Å². The maximum Gasteiger partial charge on any atom is 0.253 e. The zero-order valence-corrected chi connectivity index (χ0v) is 12.1. The van der Waals surface area contributed by atoms with E-state index in [4.69, 9.17) is 0 Å². The van der Waals surface area contributed by atoms with Gasteiger partial charge in [0.2, 0.25) is 5.69 Å². The molecule has 0 aliphatic carbocycles. The van der Waals surface area contributed by atoms with Gasteiger partial charge in [0.15, 0.2) is 6.10 Å². The minimum absolute atomic E-state index is 0.410. The molecule has 0 aliphatic rings. The summed E-state index contributed by atoms with van der Waals surface area (Å²) in [6, 6.07) is 15.8. The largest absolute Gasteiger partial charge is 0.619 e. The van der Waals surface area contributed by atoms with E-state index in [1.165, 1.54) is 0 Å². The highest BCUT2D eigenvalue weighted by Gasteiger charge is 2.16. The molecular formula is C17H18N2O3.